The van der Waals surface area contributed by atoms with E-state index < -0.39 is 0 Å². The quantitative estimate of drug-likeness (QED) is 0.286. The van der Waals surface area contributed by atoms with Gasteiger partial charge in [-0.1, -0.05) is 0 Å². The van der Waals surface area contributed by atoms with Crippen LogP contribution in [-0.2, 0) is 0 Å². The van der Waals surface area contributed by atoms with E-state index in [1.165, 1.54) is 0 Å². The number of nitrogens with one attached hydrogen (secondary N) is 1. The van der Waals surface area contributed by atoms with Gasteiger partial charge in [0.05, 0.1) is 13.1 Å². The summed E-state index contributed by atoms with van der Waals surface area (Å²) in [5, 5.41) is 12.9. The van der Waals surface area contributed by atoms with Crippen molar-refractivity contribution in [2.45, 2.75) is 0 Å². The Morgan fingerprint density at radius 2 is 2.57 bits per heavy atom. The Morgan fingerprint density at radius 3 is 2.71 bits per heavy atom. The lowest BCUT2D eigenvalue weighted by molar-refractivity contribution is -0.446. The van der Waals surface area contributed by atoms with Gasteiger partial charge in [-0.15, -0.1) is 0 Å². The second-order valence-corrected chi connectivity index (χ2v) is 1.41. The minimum Gasteiger partial charge on any atom is -0.744 e. The van der Waals surface area contributed by atoms with E-state index in [9.17, 15) is 5.21 Å². The minimum atomic E-state index is 0.236. The van der Waals surface area contributed by atoms with Crippen LogP contribution in [0.3, 0.4) is 0 Å². The average molecular weight is 101 g/mol. The first kappa shape index (κ1) is 4.23. The number of rotatable bonds is 0. The molecule has 1 heterocycles. The lowest BCUT2D eigenvalue weighted by atomic mass is 10.7. The van der Waals surface area contributed by atoms with E-state index in [1.54, 1.807) is 0 Å². The molecule has 3 N–H and O–H groups in total. The van der Waals surface area contributed by atoms with Gasteiger partial charge in [0.25, 0.3) is 0 Å². The molecule has 7 heavy (non-hydrogen) atoms. The maximum atomic E-state index is 10.3. The van der Waals surface area contributed by atoms with E-state index in [1.807, 2.05) is 0 Å². The smallest absolute Gasteiger partial charge is 0.344 e. The molecule has 0 fully saturated rings. The summed E-state index contributed by atoms with van der Waals surface area (Å²) in [6.07, 6.45) is 0. The number of hydroxylamine groups is 1. The van der Waals surface area contributed by atoms with Crippen LogP contribution in [-0.4, -0.2) is 23.8 Å². The lowest BCUT2D eigenvalue weighted by Crippen LogP contribution is -2.29. The molecule has 0 saturated carbocycles. The zero-order valence-corrected chi connectivity index (χ0v) is 3.85. The van der Waals surface area contributed by atoms with Crippen LogP contribution in [0.2, 0.25) is 0 Å². The van der Waals surface area contributed by atoms with Crippen LogP contribution in [0.25, 0.3) is 0 Å². The van der Waals surface area contributed by atoms with Crippen LogP contribution >= 0.6 is 0 Å². The molecule has 1 rings (SSSR count). The monoisotopic (exact) mass is 101 g/mol. The van der Waals surface area contributed by atoms with E-state index in [-0.39, 0.29) is 5.96 Å². The third kappa shape index (κ3) is 0.581. The number of hydrogen-bond donors (Lipinski definition) is 2. The SMILES string of the molecule is NC1=[N+]([O-])CCN1. The number of nitrogens with two attached hydrogens (primary N) is 1. The summed E-state index contributed by atoms with van der Waals surface area (Å²) < 4.78 is 0.736. The third-order valence-corrected chi connectivity index (χ3v) is 0.890. The molecular formula is C3H7N3O. The molecule has 0 unspecified atom stereocenters. The summed E-state index contributed by atoms with van der Waals surface area (Å²) in [6, 6.07) is 0. The minimum absolute atomic E-state index is 0.236. The summed E-state index contributed by atoms with van der Waals surface area (Å²) >= 11 is 0. The maximum absolute atomic E-state index is 10.3. The van der Waals surface area contributed by atoms with E-state index in [2.05, 4.69) is 5.32 Å². The van der Waals surface area contributed by atoms with Gasteiger partial charge in [0.15, 0.2) is 0 Å². The molecule has 4 nitrogen and oxygen atoms in total. The van der Waals surface area contributed by atoms with Crippen LogP contribution < -0.4 is 11.1 Å². The summed E-state index contributed by atoms with van der Waals surface area (Å²) in [4.78, 5) is 0. The predicted octanol–water partition coefficient (Wildman–Crippen LogP) is -1.59. The van der Waals surface area contributed by atoms with Gasteiger partial charge < -0.3 is 5.21 Å². The molecule has 0 amide bonds. The fourth-order valence-electron chi connectivity index (χ4n) is 0.494. The predicted molar refractivity (Wildman–Crippen MR) is 25.7 cm³/mol. The zero-order chi connectivity index (χ0) is 5.28. The first-order valence-electron chi connectivity index (χ1n) is 2.11. The first-order valence-corrected chi connectivity index (χ1v) is 2.11. The van der Waals surface area contributed by atoms with Crippen LogP contribution in [0.1, 0.15) is 0 Å². The van der Waals surface area contributed by atoms with Gasteiger partial charge in [0.2, 0.25) is 0 Å². The molecule has 0 atom stereocenters. The van der Waals surface area contributed by atoms with Gasteiger partial charge in [-0.05, 0) is 0 Å². The second kappa shape index (κ2) is 1.29. The van der Waals surface area contributed by atoms with Crippen molar-refractivity contribution < 1.29 is 4.74 Å². The molecule has 0 aromatic rings. The van der Waals surface area contributed by atoms with Crippen LogP contribution in [0.4, 0.5) is 0 Å². The van der Waals surface area contributed by atoms with Crippen molar-refractivity contribution in [1.29, 1.82) is 0 Å². The van der Waals surface area contributed by atoms with E-state index in [0.717, 1.165) is 4.74 Å². The van der Waals surface area contributed by atoms with Gasteiger partial charge in [-0.25, -0.2) is 0 Å². The summed E-state index contributed by atoms with van der Waals surface area (Å²) in [6.45, 7) is 1.15. The lowest BCUT2D eigenvalue weighted by Gasteiger charge is -2.00. The van der Waals surface area contributed by atoms with Crippen LogP contribution in [0.15, 0.2) is 0 Å². The standard InChI is InChI=1S/C3H7N3O/c4-3-5-1-2-6(3)7/h5H,1-2,4H2. The molecule has 0 saturated heterocycles. The average Bonchev–Trinajstić information content (AvgIpc) is 1.91. The van der Waals surface area contributed by atoms with Gasteiger partial charge in [0.1, 0.15) is 0 Å². The first-order chi connectivity index (χ1) is 3.30. The molecule has 0 aliphatic carbocycles. The van der Waals surface area contributed by atoms with E-state index >= 15 is 0 Å². The number of guanidine groups is 1. The third-order valence-electron chi connectivity index (χ3n) is 0.890. The van der Waals surface area contributed by atoms with E-state index in [4.69, 9.17) is 5.73 Å². The molecule has 0 aromatic heterocycles. The van der Waals surface area contributed by atoms with Crippen molar-refractivity contribution in [3.8, 4) is 0 Å². The van der Waals surface area contributed by atoms with Gasteiger partial charge in [-0.2, -0.15) is 0 Å². The van der Waals surface area contributed by atoms with Gasteiger partial charge in [-0.3, -0.25) is 15.8 Å². The Labute approximate surface area is 41.2 Å². The Hall–Kier alpha value is -0.930. The normalized spacial score (nSPS) is 20.0. The highest BCUT2D eigenvalue weighted by Gasteiger charge is 2.07. The Bertz CT molecular complexity index is 96.7. The van der Waals surface area contributed by atoms with Crippen LogP contribution in [0, 0.1) is 5.21 Å². The molecule has 1 aliphatic heterocycles. The largest absolute Gasteiger partial charge is 0.744 e. The van der Waals surface area contributed by atoms with Gasteiger partial charge >= 0.3 is 5.96 Å². The van der Waals surface area contributed by atoms with Crippen molar-refractivity contribution in [3.05, 3.63) is 5.21 Å². The van der Waals surface area contributed by atoms with Crippen molar-refractivity contribution >= 4 is 5.96 Å². The molecule has 0 radical (unpaired) electrons. The molecular weight excluding hydrogens is 94.1 g/mol. The highest BCUT2D eigenvalue weighted by atomic mass is 16.5. The van der Waals surface area contributed by atoms with Crippen molar-refractivity contribution in [2.75, 3.05) is 13.1 Å². The zero-order valence-electron chi connectivity index (χ0n) is 3.85. The molecule has 40 valence electrons. The van der Waals surface area contributed by atoms with Crippen molar-refractivity contribution in [3.63, 3.8) is 0 Å². The number of nitrogens with zero attached hydrogens (tertiary/aromatic N) is 1. The van der Waals surface area contributed by atoms with Crippen molar-refractivity contribution in [2.24, 2.45) is 5.73 Å². The second-order valence-electron chi connectivity index (χ2n) is 1.41. The Morgan fingerprint density at radius 1 is 1.86 bits per heavy atom. The molecule has 0 aromatic carbocycles. The van der Waals surface area contributed by atoms with Crippen molar-refractivity contribution in [1.82, 2.24) is 5.32 Å². The summed E-state index contributed by atoms with van der Waals surface area (Å²) in [5.41, 5.74) is 5.10. The molecule has 0 spiro atoms. The number of hydrogen-bond acceptors (Lipinski definition) is 3. The van der Waals surface area contributed by atoms with E-state index in [0.29, 0.717) is 13.1 Å². The Kier molecular flexibility index (Phi) is 0.780. The fourth-order valence-corrected chi connectivity index (χ4v) is 0.494. The molecule has 0 bridgehead atoms. The Balaban J connectivity index is 2.64. The van der Waals surface area contributed by atoms with Gasteiger partial charge in [0, 0.05) is 0 Å². The summed E-state index contributed by atoms with van der Waals surface area (Å²) in [5.74, 6) is 0.236. The fraction of sp³-hybridized carbons (Fsp3) is 0.667. The summed E-state index contributed by atoms with van der Waals surface area (Å²) in [7, 11) is 0. The highest BCUT2D eigenvalue weighted by Crippen LogP contribution is 1.76. The highest BCUT2D eigenvalue weighted by molar-refractivity contribution is 5.73. The topological polar surface area (TPSA) is 64.1 Å². The molecule has 1 aliphatic rings. The van der Waals surface area contributed by atoms with Crippen LogP contribution in [0.5, 0.6) is 0 Å². The maximum Gasteiger partial charge on any atom is 0.344 e. The molecule has 4 heteroatoms.